The predicted octanol–water partition coefficient (Wildman–Crippen LogP) is 3.06. The van der Waals surface area contributed by atoms with Crippen LogP contribution in [0.3, 0.4) is 0 Å². The molecule has 0 saturated heterocycles. The Hall–Kier alpha value is 0.160. The van der Waals surface area contributed by atoms with E-state index >= 15 is 0 Å². The number of aliphatic hydroxyl groups excluding tert-OH is 1. The maximum absolute atomic E-state index is 8.94. The van der Waals surface area contributed by atoms with Crippen molar-refractivity contribution >= 4 is 31.9 Å². The van der Waals surface area contributed by atoms with Gasteiger partial charge in [-0.15, -0.1) is 0 Å². The Labute approximate surface area is 112 Å². The molecule has 3 nitrogen and oxygen atoms in total. The molecule has 90 valence electrons. The van der Waals surface area contributed by atoms with Crippen LogP contribution in [0.25, 0.3) is 0 Å². The molecule has 0 aromatic carbocycles. The predicted molar refractivity (Wildman–Crippen MR) is 69.2 cm³/mol. The van der Waals surface area contributed by atoms with Crippen molar-refractivity contribution in [2.75, 3.05) is 13.2 Å². The summed E-state index contributed by atoms with van der Waals surface area (Å²) in [5, 5.41) is 12.3. The van der Waals surface area contributed by atoms with E-state index in [1.807, 2.05) is 6.07 Å². The molecule has 1 saturated carbocycles. The van der Waals surface area contributed by atoms with Gasteiger partial charge in [0.2, 0.25) is 0 Å². The summed E-state index contributed by atoms with van der Waals surface area (Å²) >= 11 is 6.69. The average Bonchev–Trinajstić information content (AvgIpc) is 2.91. The zero-order valence-electron chi connectivity index (χ0n) is 8.93. The summed E-state index contributed by atoms with van der Waals surface area (Å²) < 4.78 is 7.15. The van der Waals surface area contributed by atoms with Gasteiger partial charge in [-0.1, -0.05) is 0 Å². The van der Waals surface area contributed by atoms with Gasteiger partial charge >= 0.3 is 0 Å². The van der Waals surface area contributed by atoms with E-state index in [-0.39, 0.29) is 0 Å². The van der Waals surface area contributed by atoms with Crippen molar-refractivity contribution < 1.29 is 9.52 Å². The van der Waals surface area contributed by atoms with Crippen molar-refractivity contribution in [3.05, 3.63) is 21.0 Å². The lowest BCUT2D eigenvalue weighted by Gasteiger charge is -2.13. The molecule has 1 aliphatic rings. The molecule has 0 atom stereocenters. The van der Waals surface area contributed by atoms with Gasteiger partial charge in [-0.25, -0.2) is 0 Å². The molecule has 2 N–H and O–H groups in total. The lowest BCUT2D eigenvalue weighted by molar-refractivity contribution is 0.244. The Morgan fingerprint density at radius 1 is 1.44 bits per heavy atom. The van der Waals surface area contributed by atoms with Crippen LogP contribution in [0.2, 0.25) is 0 Å². The summed E-state index contributed by atoms with van der Waals surface area (Å²) in [6, 6.07) is 1.96. The van der Waals surface area contributed by atoms with Crippen molar-refractivity contribution in [1.29, 1.82) is 0 Å². The third kappa shape index (κ3) is 3.09. The third-order valence-electron chi connectivity index (χ3n) is 3.09. The van der Waals surface area contributed by atoms with Crippen LogP contribution in [-0.2, 0) is 6.54 Å². The lowest BCUT2D eigenvalue weighted by Crippen LogP contribution is -2.24. The summed E-state index contributed by atoms with van der Waals surface area (Å²) in [7, 11) is 0. The zero-order chi connectivity index (χ0) is 11.6. The van der Waals surface area contributed by atoms with Crippen LogP contribution in [0.15, 0.2) is 19.6 Å². The second-order valence-electron chi connectivity index (χ2n) is 4.41. The quantitative estimate of drug-likeness (QED) is 0.827. The molecule has 0 radical (unpaired) electrons. The highest BCUT2D eigenvalue weighted by Crippen LogP contribution is 2.47. The Kier molecular flexibility index (Phi) is 4.11. The molecule has 1 aromatic heterocycles. The van der Waals surface area contributed by atoms with E-state index in [2.05, 4.69) is 37.2 Å². The minimum atomic E-state index is 0.291. The molecule has 16 heavy (non-hydrogen) atoms. The topological polar surface area (TPSA) is 45.4 Å². The molecule has 0 amide bonds. The Morgan fingerprint density at radius 3 is 2.69 bits per heavy atom. The number of hydrogen-bond donors (Lipinski definition) is 2. The number of furan rings is 1. The normalized spacial score (nSPS) is 17.7. The van der Waals surface area contributed by atoms with Crippen molar-refractivity contribution in [2.45, 2.75) is 25.8 Å². The van der Waals surface area contributed by atoms with Gasteiger partial charge in [-0.2, -0.15) is 0 Å². The Balaban J connectivity index is 1.76. The smallest absolute Gasteiger partial charge is 0.183 e. The first-order valence-electron chi connectivity index (χ1n) is 5.40. The van der Waals surface area contributed by atoms with Crippen LogP contribution in [0.4, 0.5) is 0 Å². The summed E-state index contributed by atoms with van der Waals surface area (Å²) in [5.41, 5.74) is 0.357. The number of hydrogen-bond acceptors (Lipinski definition) is 3. The molecule has 1 heterocycles. The molecular weight excluding hydrogens is 338 g/mol. The zero-order valence-corrected chi connectivity index (χ0v) is 12.1. The fourth-order valence-corrected chi connectivity index (χ4v) is 2.52. The van der Waals surface area contributed by atoms with Gasteiger partial charge in [0.15, 0.2) is 4.67 Å². The fraction of sp³-hybridized carbons (Fsp3) is 0.636. The molecule has 1 aliphatic carbocycles. The van der Waals surface area contributed by atoms with Gasteiger partial charge < -0.3 is 14.8 Å². The average molecular weight is 353 g/mol. The molecular formula is C11H15Br2NO2. The van der Waals surface area contributed by atoms with Gasteiger partial charge in [-0.3, -0.25) is 0 Å². The van der Waals surface area contributed by atoms with E-state index in [0.29, 0.717) is 12.0 Å². The summed E-state index contributed by atoms with van der Waals surface area (Å²) in [5.74, 6) is 0.915. The highest BCUT2D eigenvalue weighted by Gasteiger charge is 2.41. The van der Waals surface area contributed by atoms with Crippen LogP contribution < -0.4 is 5.32 Å². The van der Waals surface area contributed by atoms with Crippen molar-refractivity contribution in [3.8, 4) is 0 Å². The molecule has 0 spiro atoms. The number of nitrogens with one attached hydrogen (secondary N) is 1. The van der Waals surface area contributed by atoms with Crippen molar-refractivity contribution in [1.82, 2.24) is 5.32 Å². The number of rotatable bonds is 6. The monoisotopic (exact) mass is 351 g/mol. The van der Waals surface area contributed by atoms with Gasteiger partial charge in [0.25, 0.3) is 0 Å². The van der Waals surface area contributed by atoms with E-state index in [1.165, 1.54) is 12.8 Å². The summed E-state index contributed by atoms with van der Waals surface area (Å²) in [6.07, 6.45) is 3.36. The van der Waals surface area contributed by atoms with Crippen LogP contribution in [-0.4, -0.2) is 18.3 Å². The number of halogens is 2. The van der Waals surface area contributed by atoms with Crippen LogP contribution in [0.5, 0.6) is 0 Å². The first kappa shape index (κ1) is 12.6. The van der Waals surface area contributed by atoms with Gasteiger partial charge in [0.1, 0.15) is 5.76 Å². The second-order valence-corrected chi connectivity index (χ2v) is 5.99. The molecule has 1 fully saturated rings. The lowest BCUT2D eigenvalue weighted by atomic mass is 10.0. The molecule has 5 heteroatoms. The van der Waals surface area contributed by atoms with E-state index in [0.717, 1.165) is 34.4 Å². The van der Waals surface area contributed by atoms with Crippen LogP contribution >= 0.6 is 31.9 Å². The van der Waals surface area contributed by atoms with Crippen LogP contribution in [0.1, 0.15) is 25.0 Å². The first-order chi connectivity index (χ1) is 7.65. The van der Waals surface area contributed by atoms with E-state index < -0.39 is 0 Å². The largest absolute Gasteiger partial charge is 0.452 e. The SMILES string of the molecule is OCCC1(CNCc2cc(Br)c(Br)o2)CC1. The maximum atomic E-state index is 8.94. The fourth-order valence-electron chi connectivity index (χ4n) is 1.86. The minimum absolute atomic E-state index is 0.291. The summed E-state index contributed by atoms with van der Waals surface area (Å²) in [6.45, 7) is 1.99. The maximum Gasteiger partial charge on any atom is 0.183 e. The Bertz CT molecular complexity index is 341. The highest BCUT2D eigenvalue weighted by molar-refractivity contribution is 9.13. The molecule has 0 bridgehead atoms. The number of aliphatic hydroxyl groups is 1. The van der Waals surface area contributed by atoms with Crippen LogP contribution in [0, 0.1) is 5.41 Å². The molecule has 2 rings (SSSR count). The molecule has 1 aromatic rings. The first-order valence-corrected chi connectivity index (χ1v) is 6.99. The molecule has 0 unspecified atom stereocenters. The van der Waals surface area contributed by atoms with Gasteiger partial charge in [-0.05, 0) is 62.6 Å². The summed E-state index contributed by atoms with van der Waals surface area (Å²) in [4.78, 5) is 0. The van der Waals surface area contributed by atoms with E-state index in [1.54, 1.807) is 0 Å². The van der Waals surface area contributed by atoms with Gasteiger partial charge in [0.05, 0.1) is 11.0 Å². The van der Waals surface area contributed by atoms with Gasteiger partial charge in [0, 0.05) is 13.2 Å². The minimum Gasteiger partial charge on any atom is -0.452 e. The van der Waals surface area contributed by atoms with E-state index in [9.17, 15) is 0 Å². The second kappa shape index (κ2) is 5.21. The van der Waals surface area contributed by atoms with Crippen molar-refractivity contribution in [3.63, 3.8) is 0 Å². The Morgan fingerprint density at radius 2 is 2.19 bits per heavy atom. The van der Waals surface area contributed by atoms with Crippen molar-refractivity contribution in [2.24, 2.45) is 5.41 Å². The third-order valence-corrected chi connectivity index (χ3v) is 4.80. The highest BCUT2D eigenvalue weighted by atomic mass is 79.9. The molecule has 0 aliphatic heterocycles. The standard InChI is InChI=1S/C11H15Br2NO2/c12-9-5-8(16-10(9)13)6-14-7-11(1-2-11)3-4-15/h5,14-15H,1-4,6-7H2. The van der Waals surface area contributed by atoms with E-state index in [4.69, 9.17) is 9.52 Å².